The maximum atomic E-state index is 12.9. The third-order valence-electron chi connectivity index (χ3n) is 3.26. The second-order valence-corrected chi connectivity index (χ2v) is 5.29. The number of carbonyl (C=O) groups excluding carboxylic acids is 1. The molecule has 120 valence electrons. The number of carbonyl (C=O) groups is 1. The number of hydrogen-bond acceptors (Lipinski definition) is 2. The fourth-order valence-corrected chi connectivity index (χ4v) is 1.68. The monoisotopic (exact) mass is 303 g/mol. The van der Waals surface area contributed by atoms with Crippen molar-refractivity contribution in [3.05, 3.63) is 65.5 Å². The Hall–Kier alpha value is -2.16. The molecule has 0 N–H and O–H groups in total. The molecule has 2 nitrogen and oxygen atoms in total. The van der Waals surface area contributed by atoms with Gasteiger partial charge >= 0.3 is 0 Å². The van der Waals surface area contributed by atoms with Crippen molar-refractivity contribution in [2.45, 2.75) is 33.7 Å². The molecule has 2 aromatic rings. The molecule has 3 heteroatoms. The summed E-state index contributed by atoms with van der Waals surface area (Å²) >= 11 is 0. The Balaban J connectivity index is 0.000000412. The highest BCUT2D eigenvalue weighted by molar-refractivity contribution is 5.48. The lowest BCUT2D eigenvalue weighted by molar-refractivity contribution is -0.0979. The molecule has 0 fully saturated rings. The SMILES string of the molecule is C=O.Cc1cc(N(C)C(C)C)ccc1F.Cc1ccccc1. The molecule has 0 heterocycles. The summed E-state index contributed by atoms with van der Waals surface area (Å²) in [5, 5.41) is 0. The number of halogens is 1. The summed E-state index contributed by atoms with van der Waals surface area (Å²) in [6.45, 7) is 10.1. The second-order valence-electron chi connectivity index (χ2n) is 5.29. The van der Waals surface area contributed by atoms with Crippen molar-refractivity contribution in [1.82, 2.24) is 0 Å². The van der Waals surface area contributed by atoms with Crippen molar-refractivity contribution in [1.29, 1.82) is 0 Å². The molecule has 0 saturated heterocycles. The normalized spacial score (nSPS) is 9.23. The van der Waals surface area contributed by atoms with Gasteiger partial charge in [0.25, 0.3) is 0 Å². The van der Waals surface area contributed by atoms with Crippen LogP contribution in [0.25, 0.3) is 0 Å². The molecule has 2 rings (SSSR count). The molecule has 0 bridgehead atoms. The number of rotatable bonds is 2. The predicted molar refractivity (Wildman–Crippen MR) is 93.0 cm³/mol. The van der Waals surface area contributed by atoms with Crippen molar-refractivity contribution in [2.75, 3.05) is 11.9 Å². The van der Waals surface area contributed by atoms with Gasteiger partial charge in [-0.3, -0.25) is 0 Å². The van der Waals surface area contributed by atoms with E-state index in [1.807, 2.05) is 44.2 Å². The summed E-state index contributed by atoms with van der Waals surface area (Å²) in [5.41, 5.74) is 3.08. The van der Waals surface area contributed by atoms with Gasteiger partial charge in [-0.15, -0.1) is 0 Å². The average molecular weight is 303 g/mol. The minimum absolute atomic E-state index is 0.138. The molecule has 0 aromatic heterocycles. The molecule has 0 saturated carbocycles. The zero-order chi connectivity index (χ0) is 17.1. The third kappa shape index (κ3) is 7.02. The second kappa shape index (κ2) is 10.6. The zero-order valence-electron chi connectivity index (χ0n) is 14.1. The van der Waals surface area contributed by atoms with E-state index >= 15 is 0 Å². The fraction of sp³-hybridized carbons (Fsp3) is 0.316. The van der Waals surface area contributed by atoms with Crippen LogP contribution in [0.15, 0.2) is 48.5 Å². The number of hydrogen-bond donors (Lipinski definition) is 0. The lowest BCUT2D eigenvalue weighted by Gasteiger charge is -2.24. The molecule has 0 amide bonds. The summed E-state index contributed by atoms with van der Waals surface area (Å²) in [6.07, 6.45) is 0. The molecule has 0 spiro atoms. The minimum atomic E-state index is -0.138. The molecule has 0 atom stereocenters. The van der Waals surface area contributed by atoms with Crippen LogP contribution in [0.1, 0.15) is 25.0 Å². The summed E-state index contributed by atoms with van der Waals surface area (Å²) in [4.78, 5) is 10.1. The highest BCUT2D eigenvalue weighted by Gasteiger charge is 2.06. The molecule has 0 aliphatic heterocycles. The highest BCUT2D eigenvalue weighted by atomic mass is 19.1. The minimum Gasteiger partial charge on any atom is -0.372 e. The molecule has 0 radical (unpaired) electrons. The summed E-state index contributed by atoms with van der Waals surface area (Å²) < 4.78 is 12.9. The molecule has 0 unspecified atom stereocenters. The van der Waals surface area contributed by atoms with Gasteiger partial charge in [-0.1, -0.05) is 35.9 Å². The lowest BCUT2D eigenvalue weighted by Crippen LogP contribution is -2.25. The maximum Gasteiger partial charge on any atom is 0.126 e. The maximum absolute atomic E-state index is 12.9. The van der Waals surface area contributed by atoms with Crippen molar-refractivity contribution in [2.24, 2.45) is 0 Å². The van der Waals surface area contributed by atoms with Crippen LogP contribution in [0.3, 0.4) is 0 Å². The van der Waals surface area contributed by atoms with Crippen LogP contribution >= 0.6 is 0 Å². The first-order valence-corrected chi connectivity index (χ1v) is 7.21. The Morgan fingerprint density at radius 2 is 1.55 bits per heavy atom. The van der Waals surface area contributed by atoms with E-state index < -0.39 is 0 Å². The van der Waals surface area contributed by atoms with E-state index in [1.54, 1.807) is 6.92 Å². The van der Waals surface area contributed by atoms with E-state index in [1.165, 1.54) is 11.6 Å². The Kier molecular flexibility index (Phi) is 9.51. The Morgan fingerprint density at radius 1 is 1.00 bits per heavy atom. The first-order valence-electron chi connectivity index (χ1n) is 7.21. The zero-order valence-corrected chi connectivity index (χ0v) is 14.1. The van der Waals surface area contributed by atoms with Gasteiger partial charge in [-0.2, -0.15) is 0 Å². The lowest BCUT2D eigenvalue weighted by atomic mass is 10.2. The van der Waals surface area contributed by atoms with Gasteiger partial charge in [-0.25, -0.2) is 4.39 Å². The molecule has 22 heavy (non-hydrogen) atoms. The third-order valence-corrected chi connectivity index (χ3v) is 3.26. The topological polar surface area (TPSA) is 20.3 Å². The van der Waals surface area contributed by atoms with Crippen LogP contribution in [0.5, 0.6) is 0 Å². The van der Waals surface area contributed by atoms with E-state index in [4.69, 9.17) is 4.79 Å². The largest absolute Gasteiger partial charge is 0.372 e. The highest BCUT2D eigenvalue weighted by Crippen LogP contribution is 2.18. The van der Waals surface area contributed by atoms with E-state index in [-0.39, 0.29) is 5.82 Å². The van der Waals surface area contributed by atoms with Crippen LogP contribution < -0.4 is 4.90 Å². The number of anilines is 1. The smallest absolute Gasteiger partial charge is 0.126 e. The quantitative estimate of drug-likeness (QED) is 0.795. The summed E-state index contributed by atoms with van der Waals surface area (Å²) in [5.74, 6) is -0.138. The van der Waals surface area contributed by atoms with E-state index in [9.17, 15) is 4.39 Å². The molecular formula is C19H26FNO. The number of nitrogens with zero attached hydrogens (tertiary/aromatic N) is 1. The van der Waals surface area contributed by atoms with Crippen LogP contribution in [-0.4, -0.2) is 19.9 Å². The summed E-state index contributed by atoms with van der Waals surface area (Å²) in [7, 11) is 2.01. The predicted octanol–water partition coefficient (Wildman–Crippen LogP) is 4.79. The first-order chi connectivity index (χ1) is 10.4. The van der Waals surface area contributed by atoms with Gasteiger partial charge in [0.1, 0.15) is 12.6 Å². The fourth-order valence-electron chi connectivity index (χ4n) is 1.68. The van der Waals surface area contributed by atoms with Crippen LogP contribution in [0, 0.1) is 19.7 Å². The van der Waals surface area contributed by atoms with Crippen molar-refractivity contribution in [3.63, 3.8) is 0 Å². The van der Waals surface area contributed by atoms with Gasteiger partial charge in [0.15, 0.2) is 0 Å². The molecular weight excluding hydrogens is 277 g/mol. The van der Waals surface area contributed by atoms with E-state index in [2.05, 4.69) is 37.8 Å². The molecule has 0 aliphatic carbocycles. The first kappa shape index (κ1) is 19.8. The summed E-state index contributed by atoms with van der Waals surface area (Å²) in [6, 6.07) is 15.9. The van der Waals surface area contributed by atoms with Gasteiger partial charge in [0.2, 0.25) is 0 Å². The van der Waals surface area contributed by atoms with Gasteiger partial charge < -0.3 is 9.69 Å². The van der Waals surface area contributed by atoms with Gasteiger partial charge in [-0.05, 0) is 51.5 Å². The Morgan fingerprint density at radius 3 is 1.91 bits per heavy atom. The standard InChI is InChI=1S/C11H16FN.C7H8.CH2O/c1-8(2)13(4)10-5-6-11(12)9(3)7-10;1-7-5-3-2-4-6-7;1-2/h5-8H,1-4H3;2-6H,1H3;1H2. The van der Waals surface area contributed by atoms with Crippen LogP contribution in [-0.2, 0) is 4.79 Å². The van der Waals surface area contributed by atoms with Crippen molar-refractivity contribution in [3.8, 4) is 0 Å². The number of benzene rings is 2. The molecule has 0 aliphatic rings. The van der Waals surface area contributed by atoms with Gasteiger partial charge in [0.05, 0.1) is 0 Å². The van der Waals surface area contributed by atoms with E-state index in [0.717, 1.165) is 5.69 Å². The van der Waals surface area contributed by atoms with E-state index in [0.29, 0.717) is 11.6 Å². The van der Waals surface area contributed by atoms with Crippen LogP contribution in [0.2, 0.25) is 0 Å². The molecule has 2 aromatic carbocycles. The van der Waals surface area contributed by atoms with Crippen molar-refractivity contribution < 1.29 is 9.18 Å². The van der Waals surface area contributed by atoms with Crippen LogP contribution in [0.4, 0.5) is 10.1 Å². The average Bonchev–Trinajstić information content (AvgIpc) is 2.52. The number of aryl methyl sites for hydroxylation is 2. The Labute approximate surface area is 133 Å². The van der Waals surface area contributed by atoms with Gasteiger partial charge in [0, 0.05) is 18.8 Å². The Bertz CT molecular complexity index is 540. The van der Waals surface area contributed by atoms with Crippen molar-refractivity contribution >= 4 is 12.5 Å².